The quantitative estimate of drug-likeness (QED) is 0.647. The number of rotatable bonds is 4. The maximum Gasteiger partial charge on any atom is 0.266 e. The minimum atomic E-state index is -3.97. The highest BCUT2D eigenvalue weighted by atomic mass is 32.2. The normalized spacial score (nSPS) is 21.1. The Kier molecular flexibility index (Phi) is 4.50. The van der Waals surface area contributed by atoms with Crippen LogP contribution >= 0.6 is 0 Å². The SMILES string of the molecule is Cc1noc(C)c1S(=O)(=O)N1CCCC(F)(c2nc(-c3cccnc3)no2)C1. The van der Waals surface area contributed by atoms with Gasteiger partial charge in [0.1, 0.15) is 10.6 Å². The fourth-order valence-corrected chi connectivity index (χ4v) is 5.16. The maximum absolute atomic E-state index is 15.7. The van der Waals surface area contributed by atoms with Gasteiger partial charge < -0.3 is 9.05 Å². The summed E-state index contributed by atoms with van der Waals surface area (Å²) in [6.45, 7) is 2.81. The zero-order valence-electron chi connectivity index (χ0n) is 15.3. The summed E-state index contributed by atoms with van der Waals surface area (Å²) in [5, 5.41) is 7.50. The molecule has 0 spiro atoms. The summed E-state index contributed by atoms with van der Waals surface area (Å²) >= 11 is 0. The lowest BCUT2D eigenvalue weighted by Crippen LogP contribution is -2.46. The van der Waals surface area contributed by atoms with Gasteiger partial charge in [0.15, 0.2) is 5.76 Å². The van der Waals surface area contributed by atoms with Crippen LogP contribution in [0.1, 0.15) is 30.2 Å². The third kappa shape index (κ3) is 3.10. The molecule has 1 fully saturated rings. The summed E-state index contributed by atoms with van der Waals surface area (Å²) in [7, 11) is -3.97. The zero-order valence-corrected chi connectivity index (χ0v) is 16.1. The van der Waals surface area contributed by atoms with Gasteiger partial charge in [-0.3, -0.25) is 4.98 Å². The van der Waals surface area contributed by atoms with E-state index < -0.39 is 22.2 Å². The third-order valence-electron chi connectivity index (χ3n) is 4.70. The first-order valence-electron chi connectivity index (χ1n) is 8.68. The molecule has 4 rings (SSSR count). The van der Waals surface area contributed by atoms with Crippen molar-refractivity contribution in [3.05, 3.63) is 41.9 Å². The molecule has 11 heteroatoms. The smallest absolute Gasteiger partial charge is 0.266 e. The second-order valence-corrected chi connectivity index (χ2v) is 8.60. The van der Waals surface area contributed by atoms with Crippen LogP contribution in [-0.2, 0) is 15.7 Å². The van der Waals surface area contributed by atoms with Crippen molar-refractivity contribution >= 4 is 10.0 Å². The number of piperidine rings is 1. The predicted octanol–water partition coefficient (Wildman–Crippen LogP) is 2.39. The van der Waals surface area contributed by atoms with Crippen LogP contribution in [0.5, 0.6) is 0 Å². The van der Waals surface area contributed by atoms with Crippen molar-refractivity contribution in [3.63, 3.8) is 0 Å². The van der Waals surface area contributed by atoms with Crippen molar-refractivity contribution in [1.82, 2.24) is 24.6 Å². The average Bonchev–Trinajstić information content (AvgIpc) is 3.30. The Labute approximate surface area is 160 Å². The van der Waals surface area contributed by atoms with Gasteiger partial charge in [-0.1, -0.05) is 10.3 Å². The van der Waals surface area contributed by atoms with Gasteiger partial charge in [0.2, 0.25) is 21.5 Å². The Morgan fingerprint density at radius 1 is 1.25 bits per heavy atom. The lowest BCUT2D eigenvalue weighted by atomic mass is 9.96. The minimum Gasteiger partial charge on any atom is -0.360 e. The van der Waals surface area contributed by atoms with Crippen molar-refractivity contribution in [2.45, 2.75) is 37.3 Å². The highest BCUT2D eigenvalue weighted by Gasteiger charge is 2.46. The molecule has 0 N–H and O–H groups in total. The molecule has 0 saturated carbocycles. The molecule has 0 aromatic carbocycles. The Bertz CT molecular complexity index is 1080. The third-order valence-corrected chi connectivity index (χ3v) is 6.79. The van der Waals surface area contributed by atoms with Crippen LogP contribution in [-0.4, -0.2) is 46.1 Å². The second kappa shape index (κ2) is 6.74. The van der Waals surface area contributed by atoms with E-state index in [-0.39, 0.29) is 41.0 Å². The first-order chi connectivity index (χ1) is 13.3. The highest BCUT2D eigenvalue weighted by Crippen LogP contribution is 2.38. The summed E-state index contributed by atoms with van der Waals surface area (Å²) in [6, 6.07) is 3.43. The second-order valence-electron chi connectivity index (χ2n) is 6.73. The number of pyridine rings is 1. The first kappa shape index (κ1) is 18.7. The number of aryl methyl sites for hydroxylation is 2. The summed E-state index contributed by atoms with van der Waals surface area (Å²) in [4.78, 5) is 8.09. The van der Waals surface area contributed by atoms with E-state index in [1.165, 1.54) is 20.0 Å². The molecular weight excluding hydrogens is 389 g/mol. The molecule has 1 aliphatic rings. The fraction of sp³-hybridized carbons (Fsp3) is 0.412. The standard InChI is InChI=1S/C17H18FN5O4S/c1-11-14(12(2)26-21-11)28(24,25)23-8-4-6-17(18,10-23)16-20-15(22-27-16)13-5-3-7-19-9-13/h3,5,7,9H,4,6,8,10H2,1-2H3. The van der Waals surface area contributed by atoms with Crippen molar-refractivity contribution in [1.29, 1.82) is 0 Å². The summed E-state index contributed by atoms with van der Waals surface area (Å²) in [5.74, 6) is 0.125. The fourth-order valence-electron chi connectivity index (χ4n) is 3.34. The van der Waals surface area contributed by atoms with E-state index in [0.717, 1.165) is 4.31 Å². The molecule has 1 aliphatic heterocycles. The molecule has 3 aromatic rings. The van der Waals surface area contributed by atoms with Crippen LogP contribution in [0.3, 0.4) is 0 Å². The molecule has 1 atom stereocenters. The predicted molar refractivity (Wildman–Crippen MR) is 94.3 cm³/mol. The van der Waals surface area contributed by atoms with Crippen molar-refractivity contribution in [3.8, 4) is 11.4 Å². The van der Waals surface area contributed by atoms with Gasteiger partial charge in [-0.2, -0.15) is 9.29 Å². The molecule has 9 nitrogen and oxygen atoms in total. The van der Waals surface area contributed by atoms with E-state index in [1.807, 2.05) is 0 Å². The number of sulfonamides is 1. The van der Waals surface area contributed by atoms with Gasteiger partial charge in [-0.25, -0.2) is 12.8 Å². The minimum absolute atomic E-state index is 0.0293. The van der Waals surface area contributed by atoms with Crippen LogP contribution in [0, 0.1) is 13.8 Å². The van der Waals surface area contributed by atoms with E-state index in [9.17, 15) is 8.42 Å². The highest BCUT2D eigenvalue weighted by molar-refractivity contribution is 7.89. The van der Waals surface area contributed by atoms with Crippen LogP contribution in [0.15, 0.2) is 38.5 Å². The van der Waals surface area contributed by atoms with E-state index in [4.69, 9.17) is 9.05 Å². The van der Waals surface area contributed by atoms with Crippen molar-refractivity contribution in [2.75, 3.05) is 13.1 Å². The van der Waals surface area contributed by atoms with Gasteiger partial charge in [0.25, 0.3) is 5.89 Å². The molecule has 1 unspecified atom stereocenters. The monoisotopic (exact) mass is 407 g/mol. The Balaban J connectivity index is 1.64. The van der Waals surface area contributed by atoms with E-state index in [1.54, 1.807) is 18.3 Å². The molecular formula is C17H18FN5O4S. The lowest BCUT2D eigenvalue weighted by molar-refractivity contribution is 0.0469. The van der Waals surface area contributed by atoms with Crippen molar-refractivity contribution < 1.29 is 21.9 Å². The maximum atomic E-state index is 15.7. The molecule has 3 aromatic heterocycles. The number of hydrogen-bond donors (Lipinski definition) is 0. The van der Waals surface area contributed by atoms with E-state index >= 15 is 4.39 Å². The van der Waals surface area contributed by atoms with Gasteiger partial charge in [-0.15, -0.1) is 0 Å². The molecule has 1 saturated heterocycles. The van der Waals surface area contributed by atoms with Crippen LogP contribution in [0.2, 0.25) is 0 Å². The average molecular weight is 407 g/mol. The van der Waals surface area contributed by atoms with Gasteiger partial charge in [0.05, 0.1) is 6.54 Å². The molecule has 0 aliphatic carbocycles. The number of aromatic nitrogens is 4. The number of alkyl halides is 1. The molecule has 0 bridgehead atoms. The number of halogens is 1. The molecule has 0 amide bonds. The summed E-state index contributed by atoms with van der Waals surface area (Å²) in [5.41, 5.74) is -1.26. The summed E-state index contributed by atoms with van der Waals surface area (Å²) < 4.78 is 52.9. The number of hydrogen-bond acceptors (Lipinski definition) is 8. The molecule has 28 heavy (non-hydrogen) atoms. The van der Waals surface area contributed by atoms with Gasteiger partial charge in [-0.05, 0) is 38.8 Å². The summed E-state index contributed by atoms with van der Waals surface area (Å²) in [6.07, 6.45) is 3.52. The van der Waals surface area contributed by atoms with Crippen LogP contribution in [0.25, 0.3) is 11.4 Å². The number of nitrogens with zero attached hydrogens (tertiary/aromatic N) is 5. The largest absolute Gasteiger partial charge is 0.360 e. The topological polar surface area (TPSA) is 115 Å². The molecule has 148 valence electrons. The molecule has 4 heterocycles. The Morgan fingerprint density at radius 3 is 2.75 bits per heavy atom. The van der Waals surface area contributed by atoms with Gasteiger partial charge in [0, 0.05) is 24.5 Å². The van der Waals surface area contributed by atoms with Crippen LogP contribution in [0.4, 0.5) is 4.39 Å². The Hall–Kier alpha value is -2.66. The molecule has 0 radical (unpaired) electrons. The zero-order chi connectivity index (χ0) is 19.9. The lowest BCUT2D eigenvalue weighted by Gasteiger charge is -2.34. The van der Waals surface area contributed by atoms with E-state index in [2.05, 4.69) is 20.3 Å². The van der Waals surface area contributed by atoms with Crippen LogP contribution < -0.4 is 0 Å². The van der Waals surface area contributed by atoms with Gasteiger partial charge >= 0.3 is 0 Å². The Morgan fingerprint density at radius 2 is 2.07 bits per heavy atom. The first-order valence-corrected chi connectivity index (χ1v) is 10.1. The van der Waals surface area contributed by atoms with Crippen molar-refractivity contribution in [2.24, 2.45) is 0 Å². The van der Waals surface area contributed by atoms with E-state index in [0.29, 0.717) is 12.0 Å².